The van der Waals surface area contributed by atoms with Crippen LogP contribution in [0, 0.1) is 5.92 Å². The fraction of sp³-hybridized carbons (Fsp3) is 0.240. The van der Waals surface area contributed by atoms with E-state index in [1.165, 1.54) is 44.1 Å². The normalized spacial score (nSPS) is 25.4. The number of carbonyl (C=O) groups is 1. The highest BCUT2D eigenvalue weighted by atomic mass is 16.5. The summed E-state index contributed by atoms with van der Waals surface area (Å²) in [5.41, 5.74) is 9.74. The smallest absolute Gasteiger partial charge is 0.252 e. The number of para-hydroxylation sites is 1. The average molecular weight is 378 g/mol. The first-order valence-corrected chi connectivity index (χ1v) is 10.4. The summed E-state index contributed by atoms with van der Waals surface area (Å²) in [4.78, 5) is 13.0. The number of rotatable bonds is 0. The predicted octanol–water partition coefficient (Wildman–Crippen LogP) is 4.70. The van der Waals surface area contributed by atoms with Gasteiger partial charge in [0.15, 0.2) is 0 Å². The third-order valence-electron chi connectivity index (χ3n) is 7.58. The lowest BCUT2D eigenvalue weighted by Crippen LogP contribution is -2.14. The second kappa shape index (κ2) is 4.71. The van der Waals surface area contributed by atoms with Crippen LogP contribution in [-0.4, -0.2) is 17.1 Å². The molecule has 1 amide bonds. The summed E-state index contributed by atoms with van der Waals surface area (Å²) in [7, 11) is 0. The molecular formula is C25H18N2O2. The monoisotopic (exact) mass is 378 g/mol. The van der Waals surface area contributed by atoms with E-state index < -0.39 is 0 Å². The van der Waals surface area contributed by atoms with Crippen LogP contribution in [0.2, 0.25) is 0 Å². The van der Waals surface area contributed by atoms with Crippen molar-refractivity contribution >= 4 is 27.7 Å². The fourth-order valence-electron chi connectivity index (χ4n) is 6.61. The Morgan fingerprint density at radius 3 is 2.86 bits per heavy atom. The minimum absolute atomic E-state index is 0.0751. The molecule has 4 aromatic rings. The van der Waals surface area contributed by atoms with Gasteiger partial charge in [-0.15, -0.1) is 0 Å². The molecule has 4 heterocycles. The molecule has 140 valence electrons. The van der Waals surface area contributed by atoms with Gasteiger partial charge in [-0.3, -0.25) is 4.79 Å². The number of amides is 1. The Kier molecular flexibility index (Phi) is 2.41. The Labute approximate surface area is 167 Å². The van der Waals surface area contributed by atoms with Gasteiger partial charge in [-0.1, -0.05) is 42.5 Å². The molecule has 3 unspecified atom stereocenters. The Bertz CT molecular complexity index is 1430. The van der Waals surface area contributed by atoms with Crippen LogP contribution < -0.4 is 5.32 Å². The molecule has 0 spiro atoms. The number of aromatic nitrogens is 1. The molecule has 3 aromatic carbocycles. The third kappa shape index (κ3) is 1.51. The van der Waals surface area contributed by atoms with Crippen LogP contribution in [0.5, 0.6) is 0 Å². The van der Waals surface area contributed by atoms with Crippen molar-refractivity contribution < 1.29 is 9.53 Å². The molecule has 3 aliphatic heterocycles. The number of fused-ring (bicyclic) bond motifs is 13. The Balaban J connectivity index is 1.71. The molecule has 1 aliphatic carbocycles. The molecule has 4 heteroatoms. The third-order valence-corrected chi connectivity index (χ3v) is 7.58. The number of carbonyl (C=O) groups excluding carboxylic acids is 1. The van der Waals surface area contributed by atoms with Crippen molar-refractivity contribution in [2.24, 2.45) is 5.92 Å². The van der Waals surface area contributed by atoms with Gasteiger partial charge in [-0.05, 0) is 40.7 Å². The lowest BCUT2D eigenvalue weighted by Gasteiger charge is -2.21. The highest BCUT2D eigenvalue weighted by Crippen LogP contribution is 2.60. The van der Waals surface area contributed by atoms with E-state index in [2.05, 4.69) is 58.4 Å². The Morgan fingerprint density at radius 1 is 1.03 bits per heavy atom. The van der Waals surface area contributed by atoms with Crippen LogP contribution in [0.3, 0.4) is 0 Å². The summed E-state index contributed by atoms with van der Waals surface area (Å²) in [6.07, 6.45) is 1.10. The van der Waals surface area contributed by atoms with Crippen molar-refractivity contribution in [3.63, 3.8) is 0 Å². The molecule has 1 saturated heterocycles. The van der Waals surface area contributed by atoms with Crippen molar-refractivity contribution in [2.75, 3.05) is 6.61 Å². The molecule has 3 atom stereocenters. The summed E-state index contributed by atoms with van der Waals surface area (Å²) in [6.45, 7) is 1.38. The molecule has 1 aromatic heterocycles. The van der Waals surface area contributed by atoms with Crippen LogP contribution in [0.25, 0.3) is 32.9 Å². The SMILES string of the molecule is O=C1NCc2c1c1c3c4c2c2ccccc2n4C2CC(CO2)C3c2ccccc2-1. The lowest BCUT2D eigenvalue weighted by atomic mass is 9.82. The van der Waals surface area contributed by atoms with Gasteiger partial charge < -0.3 is 14.6 Å². The van der Waals surface area contributed by atoms with E-state index in [-0.39, 0.29) is 12.1 Å². The highest BCUT2D eigenvalue weighted by Gasteiger charge is 2.47. The summed E-state index contributed by atoms with van der Waals surface area (Å²) < 4.78 is 8.80. The number of nitrogens with one attached hydrogen (secondary N) is 1. The van der Waals surface area contributed by atoms with Crippen molar-refractivity contribution in [3.8, 4) is 11.1 Å². The second-order valence-electron chi connectivity index (χ2n) is 8.78. The standard InChI is InChI=1S/C25H18N2O2/c28-25-22-16(10-26-25)20-15-7-3-4-8-17(15)27-18-9-12(11-29-18)19-13-5-1-2-6-14(13)21(22)23(19)24(20)27/h1-8,12,18-19H,9-11H2,(H,26,28). The number of nitrogens with zero attached hydrogens (tertiary/aromatic N) is 1. The van der Waals surface area contributed by atoms with Crippen LogP contribution >= 0.6 is 0 Å². The van der Waals surface area contributed by atoms with E-state index in [1.54, 1.807) is 0 Å². The molecule has 2 bridgehead atoms. The van der Waals surface area contributed by atoms with E-state index in [9.17, 15) is 4.79 Å². The molecule has 4 aliphatic rings. The van der Waals surface area contributed by atoms with Gasteiger partial charge in [0.2, 0.25) is 0 Å². The quantitative estimate of drug-likeness (QED) is 0.482. The maximum Gasteiger partial charge on any atom is 0.252 e. The maximum atomic E-state index is 13.0. The average Bonchev–Trinajstić information content (AvgIpc) is 3.47. The van der Waals surface area contributed by atoms with Crippen molar-refractivity contribution in [1.29, 1.82) is 0 Å². The van der Waals surface area contributed by atoms with Crippen molar-refractivity contribution in [1.82, 2.24) is 9.88 Å². The van der Waals surface area contributed by atoms with E-state index >= 15 is 0 Å². The van der Waals surface area contributed by atoms with E-state index in [4.69, 9.17) is 4.74 Å². The summed E-state index contributed by atoms with van der Waals surface area (Å²) in [6, 6.07) is 17.3. The lowest BCUT2D eigenvalue weighted by molar-refractivity contribution is 0.0592. The maximum absolute atomic E-state index is 13.0. The Morgan fingerprint density at radius 2 is 1.90 bits per heavy atom. The van der Waals surface area contributed by atoms with Gasteiger partial charge in [0.25, 0.3) is 5.91 Å². The van der Waals surface area contributed by atoms with E-state index in [1.807, 2.05) is 0 Å². The first-order valence-electron chi connectivity index (χ1n) is 10.4. The van der Waals surface area contributed by atoms with Crippen LogP contribution in [0.4, 0.5) is 0 Å². The van der Waals surface area contributed by atoms with Crippen LogP contribution in [0.15, 0.2) is 48.5 Å². The van der Waals surface area contributed by atoms with Crippen molar-refractivity contribution in [3.05, 3.63) is 70.8 Å². The zero-order valence-corrected chi connectivity index (χ0v) is 15.7. The predicted molar refractivity (Wildman–Crippen MR) is 111 cm³/mol. The first-order chi connectivity index (χ1) is 14.3. The minimum atomic E-state index is 0.0751. The number of benzene rings is 3. The summed E-state index contributed by atoms with van der Waals surface area (Å²) in [5, 5.41) is 5.61. The molecule has 1 fully saturated rings. The van der Waals surface area contributed by atoms with Crippen LogP contribution in [0.1, 0.15) is 45.6 Å². The van der Waals surface area contributed by atoms with Gasteiger partial charge >= 0.3 is 0 Å². The minimum Gasteiger partial charge on any atom is -0.358 e. The van der Waals surface area contributed by atoms with Gasteiger partial charge in [0.1, 0.15) is 6.23 Å². The van der Waals surface area contributed by atoms with Crippen LogP contribution in [-0.2, 0) is 11.3 Å². The van der Waals surface area contributed by atoms with E-state index in [0.29, 0.717) is 18.4 Å². The molecule has 4 nitrogen and oxygen atoms in total. The molecule has 29 heavy (non-hydrogen) atoms. The topological polar surface area (TPSA) is 43.3 Å². The van der Waals surface area contributed by atoms with Gasteiger partial charge in [0, 0.05) is 28.8 Å². The summed E-state index contributed by atoms with van der Waals surface area (Å²) >= 11 is 0. The molecule has 8 rings (SSSR count). The fourth-order valence-corrected chi connectivity index (χ4v) is 6.61. The number of hydrogen-bond donors (Lipinski definition) is 1. The molecule has 1 N–H and O–H groups in total. The molecule has 0 saturated carbocycles. The zero-order chi connectivity index (χ0) is 18.9. The second-order valence-corrected chi connectivity index (χ2v) is 8.78. The van der Waals surface area contributed by atoms with E-state index in [0.717, 1.165) is 24.2 Å². The highest BCUT2D eigenvalue weighted by molar-refractivity contribution is 6.20. The zero-order valence-electron chi connectivity index (χ0n) is 15.7. The van der Waals surface area contributed by atoms with Gasteiger partial charge in [0.05, 0.1) is 23.2 Å². The van der Waals surface area contributed by atoms with Gasteiger partial charge in [-0.2, -0.15) is 0 Å². The Hall–Kier alpha value is -3.11. The summed E-state index contributed by atoms with van der Waals surface area (Å²) in [5.74, 6) is 0.829. The largest absolute Gasteiger partial charge is 0.358 e. The molecule has 0 radical (unpaired) electrons. The first kappa shape index (κ1) is 14.8. The number of hydrogen-bond acceptors (Lipinski definition) is 2. The number of ether oxygens (including phenoxy) is 1. The molecular weight excluding hydrogens is 360 g/mol. The van der Waals surface area contributed by atoms with Crippen molar-refractivity contribution in [2.45, 2.75) is 25.1 Å². The van der Waals surface area contributed by atoms with Gasteiger partial charge in [-0.25, -0.2) is 0 Å².